The van der Waals surface area contributed by atoms with Gasteiger partial charge in [-0.1, -0.05) is 6.92 Å². The highest BCUT2D eigenvalue weighted by Crippen LogP contribution is 2.26. The van der Waals surface area contributed by atoms with Crippen molar-refractivity contribution in [1.82, 2.24) is 15.5 Å². The molecule has 0 aliphatic carbocycles. The number of rotatable bonds is 5. The molecule has 2 rings (SSSR count). The van der Waals surface area contributed by atoms with Crippen LogP contribution in [0.4, 0.5) is 0 Å². The molecule has 17 heavy (non-hydrogen) atoms. The van der Waals surface area contributed by atoms with Gasteiger partial charge < -0.3 is 5.32 Å². The van der Waals surface area contributed by atoms with Crippen LogP contribution in [0.2, 0.25) is 0 Å². The molecule has 0 aliphatic rings. The first-order valence-corrected chi connectivity index (χ1v) is 7.14. The summed E-state index contributed by atoms with van der Waals surface area (Å²) in [4.78, 5) is 1.36. The van der Waals surface area contributed by atoms with Crippen LogP contribution < -0.4 is 5.32 Å². The van der Waals surface area contributed by atoms with E-state index in [2.05, 4.69) is 50.5 Å². The molecule has 0 saturated heterocycles. The lowest BCUT2D eigenvalue weighted by atomic mass is 10.1. The summed E-state index contributed by atoms with van der Waals surface area (Å²) in [5, 5.41) is 11.2. The van der Waals surface area contributed by atoms with E-state index in [4.69, 9.17) is 0 Å². The molecule has 0 bridgehead atoms. The van der Waals surface area contributed by atoms with E-state index >= 15 is 0 Å². The van der Waals surface area contributed by atoms with E-state index in [1.54, 1.807) is 17.5 Å². The smallest absolute Gasteiger partial charge is 0.0701 e. The van der Waals surface area contributed by atoms with Crippen molar-refractivity contribution in [3.63, 3.8) is 0 Å². The molecule has 0 radical (unpaired) electrons. The van der Waals surface area contributed by atoms with Crippen LogP contribution in [-0.2, 0) is 6.42 Å². The largest absolute Gasteiger partial charge is 0.310 e. The highest BCUT2D eigenvalue weighted by Gasteiger charge is 2.12. The topological polar surface area (TPSA) is 37.8 Å². The standard InChI is InChI=1S/C12H14BrN3S/c1-2-14-11(9-5-6-15-16-8-9)7-10-3-4-12(13)17-10/h3-6,8,11,14H,2,7H2,1H3. The van der Waals surface area contributed by atoms with Crippen molar-refractivity contribution in [2.45, 2.75) is 19.4 Å². The van der Waals surface area contributed by atoms with Crippen LogP contribution in [0.5, 0.6) is 0 Å². The maximum atomic E-state index is 3.94. The van der Waals surface area contributed by atoms with E-state index in [0.29, 0.717) is 6.04 Å². The first-order valence-electron chi connectivity index (χ1n) is 5.53. The van der Waals surface area contributed by atoms with E-state index < -0.39 is 0 Å². The fraction of sp³-hybridized carbons (Fsp3) is 0.333. The van der Waals surface area contributed by atoms with Crippen molar-refractivity contribution < 1.29 is 0 Å². The third kappa shape index (κ3) is 3.59. The summed E-state index contributed by atoms with van der Waals surface area (Å²) in [7, 11) is 0. The molecule has 0 spiro atoms. The van der Waals surface area contributed by atoms with Crippen molar-refractivity contribution in [2.75, 3.05) is 6.54 Å². The summed E-state index contributed by atoms with van der Waals surface area (Å²) in [6, 6.07) is 6.57. The Morgan fingerprint density at radius 2 is 2.24 bits per heavy atom. The van der Waals surface area contributed by atoms with E-state index in [0.717, 1.165) is 13.0 Å². The van der Waals surface area contributed by atoms with Crippen LogP contribution in [0, 0.1) is 0 Å². The zero-order valence-corrected chi connectivity index (χ0v) is 12.0. The van der Waals surface area contributed by atoms with Crippen molar-refractivity contribution in [3.05, 3.63) is 44.8 Å². The van der Waals surface area contributed by atoms with Gasteiger partial charge in [-0.25, -0.2) is 0 Å². The van der Waals surface area contributed by atoms with Gasteiger partial charge in [0.15, 0.2) is 0 Å². The highest BCUT2D eigenvalue weighted by atomic mass is 79.9. The Labute approximate surface area is 113 Å². The van der Waals surface area contributed by atoms with Gasteiger partial charge in [-0.15, -0.1) is 11.3 Å². The zero-order chi connectivity index (χ0) is 12.1. The second kappa shape index (κ2) is 6.23. The fourth-order valence-corrected chi connectivity index (χ4v) is 3.25. The lowest BCUT2D eigenvalue weighted by molar-refractivity contribution is 0.550. The number of thiophene rings is 1. The third-order valence-corrected chi connectivity index (χ3v) is 4.14. The van der Waals surface area contributed by atoms with Gasteiger partial charge in [0.25, 0.3) is 0 Å². The van der Waals surface area contributed by atoms with Gasteiger partial charge in [0.1, 0.15) is 0 Å². The lowest BCUT2D eigenvalue weighted by Gasteiger charge is -2.16. The molecule has 0 aliphatic heterocycles. The molecular formula is C12H14BrN3S. The van der Waals surface area contributed by atoms with Crippen molar-refractivity contribution in [3.8, 4) is 0 Å². The van der Waals surface area contributed by atoms with Gasteiger partial charge in [-0.3, -0.25) is 0 Å². The van der Waals surface area contributed by atoms with E-state index in [1.807, 2.05) is 12.3 Å². The van der Waals surface area contributed by atoms with Crippen LogP contribution >= 0.6 is 27.3 Å². The first-order chi connectivity index (χ1) is 8.29. The SMILES string of the molecule is CCNC(Cc1ccc(Br)s1)c1ccnnc1. The Kier molecular flexibility index (Phi) is 4.65. The van der Waals surface area contributed by atoms with Crippen molar-refractivity contribution in [1.29, 1.82) is 0 Å². The molecule has 0 fully saturated rings. The van der Waals surface area contributed by atoms with Gasteiger partial charge in [-0.05, 0) is 46.2 Å². The first kappa shape index (κ1) is 12.7. The average molecular weight is 312 g/mol. The minimum absolute atomic E-state index is 0.307. The number of likely N-dealkylation sites (N-methyl/N-ethyl adjacent to an activating group) is 1. The molecule has 1 N–H and O–H groups in total. The molecule has 0 amide bonds. The second-order valence-corrected chi connectivity index (χ2v) is 6.24. The summed E-state index contributed by atoms with van der Waals surface area (Å²) < 4.78 is 1.18. The molecular weight excluding hydrogens is 298 g/mol. The van der Waals surface area contributed by atoms with Crippen LogP contribution in [0.3, 0.4) is 0 Å². The molecule has 2 aromatic rings. The van der Waals surface area contributed by atoms with Gasteiger partial charge in [0.05, 0.1) is 9.98 Å². The predicted molar refractivity (Wildman–Crippen MR) is 74.2 cm³/mol. The Hall–Kier alpha value is -0.780. The third-order valence-electron chi connectivity index (χ3n) is 2.49. The maximum absolute atomic E-state index is 3.94. The van der Waals surface area contributed by atoms with Crippen molar-refractivity contribution in [2.24, 2.45) is 0 Å². The molecule has 2 heterocycles. The Morgan fingerprint density at radius 1 is 1.35 bits per heavy atom. The van der Waals surface area contributed by atoms with Gasteiger partial charge in [-0.2, -0.15) is 10.2 Å². The second-order valence-electron chi connectivity index (χ2n) is 3.70. The summed E-state index contributed by atoms with van der Waals surface area (Å²) in [5.74, 6) is 0. The Morgan fingerprint density at radius 3 is 2.82 bits per heavy atom. The highest BCUT2D eigenvalue weighted by molar-refractivity contribution is 9.11. The molecule has 5 heteroatoms. The monoisotopic (exact) mass is 311 g/mol. The van der Waals surface area contributed by atoms with Crippen LogP contribution in [-0.4, -0.2) is 16.7 Å². The minimum atomic E-state index is 0.307. The zero-order valence-electron chi connectivity index (χ0n) is 9.56. The number of nitrogens with one attached hydrogen (secondary N) is 1. The van der Waals surface area contributed by atoms with E-state index in [1.165, 1.54) is 14.2 Å². The van der Waals surface area contributed by atoms with Crippen LogP contribution in [0.15, 0.2) is 34.4 Å². The predicted octanol–water partition coefficient (Wildman–Crippen LogP) is 3.19. The summed E-state index contributed by atoms with van der Waals surface area (Å²) in [6.45, 7) is 3.06. The maximum Gasteiger partial charge on any atom is 0.0701 e. The molecule has 0 aromatic carbocycles. The Bertz CT molecular complexity index is 458. The quantitative estimate of drug-likeness (QED) is 0.921. The van der Waals surface area contributed by atoms with Gasteiger partial charge >= 0.3 is 0 Å². The molecule has 1 atom stereocenters. The summed E-state index contributed by atoms with van der Waals surface area (Å²) in [5.41, 5.74) is 1.19. The van der Waals surface area contributed by atoms with E-state index in [-0.39, 0.29) is 0 Å². The number of aromatic nitrogens is 2. The summed E-state index contributed by atoms with van der Waals surface area (Å²) >= 11 is 5.27. The van der Waals surface area contributed by atoms with E-state index in [9.17, 15) is 0 Å². The van der Waals surface area contributed by atoms with Crippen LogP contribution in [0.1, 0.15) is 23.4 Å². The minimum Gasteiger partial charge on any atom is -0.310 e. The molecule has 0 saturated carbocycles. The fourth-order valence-electron chi connectivity index (χ4n) is 1.72. The number of hydrogen-bond donors (Lipinski definition) is 1. The average Bonchev–Trinajstić information content (AvgIpc) is 2.75. The number of halogens is 1. The molecule has 1 unspecified atom stereocenters. The van der Waals surface area contributed by atoms with Gasteiger partial charge in [0, 0.05) is 23.5 Å². The number of nitrogens with zero attached hydrogens (tertiary/aromatic N) is 2. The molecule has 90 valence electrons. The van der Waals surface area contributed by atoms with Gasteiger partial charge in [0.2, 0.25) is 0 Å². The molecule has 2 aromatic heterocycles. The Balaban J connectivity index is 2.13. The normalized spacial score (nSPS) is 12.6. The number of hydrogen-bond acceptors (Lipinski definition) is 4. The lowest BCUT2D eigenvalue weighted by Crippen LogP contribution is -2.22. The van der Waals surface area contributed by atoms with Crippen LogP contribution in [0.25, 0.3) is 0 Å². The summed E-state index contributed by atoms with van der Waals surface area (Å²) in [6.07, 6.45) is 4.55. The molecule has 3 nitrogen and oxygen atoms in total. The van der Waals surface area contributed by atoms with Crippen molar-refractivity contribution >= 4 is 27.3 Å².